The van der Waals surface area contributed by atoms with Gasteiger partial charge < -0.3 is 15.1 Å². The molecule has 0 saturated carbocycles. The van der Waals surface area contributed by atoms with Crippen LogP contribution in [0.5, 0.6) is 0 Å². The summed E-state index contributed by atoms with van der Waals surface area (Å²) < 4.78 is 13.4. The minimum absolute atomic E-state index is 0.0531. The molecule has 1 heterocycles. The molecule has 1 aliphatic heterocycles. The summed E-state index contributed by atoms with van der Waals surface area (Å²) in [5, 5.41) is 3.20. The van der Waals surface area contributed by atoms with Crippen LogP contribution in [0.15, 0.2) is 48.5 Å². The molecule has 166 valence electrons. The van der Waals surface area contributed by atoms with Crippen LogP contribution in [0.25, 0.3) is 0 Å². The van der Waals surface area contributed by atoms with Gasteiger partial charge in [-0.2, -0.15) is 0 Å². The molecule has 3 unspecified atom stereocenters. The highest BCUT2D eigenvalue weighted by Gasteiger charge is 2.39. The maximum atomic E-state index is 13.5. The van der Waals surface area contributed by atoms with E-state index in [1.165, 1.54) is 12.1 Å². The molecule has 0 aromatic heterocycles. The third-order valence-electron chi connectivity index (χ3n) is 6.07. The lowest BCUT2D eigenvalue weighted by Crippen LogP contribution is -2.47. The summed E-state index contributed by atoms with van der Waals surface area (Å²) in [6.07, 6.45) is 1.58. The maximum absolute atomic E-state index is 13.5. The molecule has 31 heavy (non-hydrogen) atoms. The highest BCUT2D eigenvalue weighted by Crippen LogP contribution is 2.36. The van der Waals surface area contributed by atoms with E-state index >= 15 is 0 Å². The number of benzene rings is 2. The first-order valence-electron chi connectivity index (χ1n) is 10.8. The summed E-state index contributed by atoms with van der Waals surface area (Å²) in [4.78, 5) is 29.6. The van der Waals surface area contributed by atoms with E-state index in [4.69, 9.17) is 0 Å². The molecule has 2 aromatic carbocycles. The number of rotatable bonds is 7. The molecule has 1 saturated heterocycles. The number of halogens is 1. The van der Waals surface area contributed by atoms with Crippen LogP contribution in [0.4, 0.5) is 4.39 Å². The zero-order valence-corrected chi connectivity index (χ0v) is 18.8. The second-order valence-corrected chi connectivity index (χ2v) is 8.71. The number of likely N-dealkylation sites (tertiary alicyclic amines) is 1. The molecule has 5 nitrogen and oxygen atoms in total. The van der Waals surface area contributed by atoms with Crippen molar-refractivity contribution >= 4 is 11.8 Å². The van der Waals surface area contributed by atoms with Crippen molar-refractivity contribution in [2.75, 3.05) is 27.7 Å². The standard InChI is InChI=1S/C25H32FN3O2/c1-17-5-7-19(8-6-17)24-21(13-14-23(30)29(24)4)25(31)27-22(15-16-28(2)3)18-9-11-20(26)12-10-18/h5-12,21-22,24H,13-16H2,1-4H3,(H,27,31). The Morgan fingerprint density at radius 1 is 1.16 bits per heavy atom. The molecule has 1 aliphatic rings. The predicted molar refractivity (Wildman–Crippen MR) is 120 cm³/mol. The van der Waals surface area contributed by atoms with Gasteiger partial charge in [-0.15, -0.1) is 0 Å². The number of hydrogen-bond acceptors (Lipinski definition) is 3. The van der Waals surface area contributed by atoms with Crippen LogP contribution in [-0.4, -0.2) is 49.3 Å². The van der Waals surface area contributed by atoms with Crippen molar-refractivity contribution < 1.29 is 14.0 Å². The van der Waals surface area contributed by atoms with Crippen molar-refractivity contribution in [3.8, 4) is 0 Å². The highest BCUT2D eigenvalue weighted by atomic mass is 19.1. The molecule has 3 rings (SSSR count). The van der Waals surface area contributed by atoms with Gasteiger partial charge in [-0.05, 0) is 63.7 Å². The molecule has 1 fully saturated rings. The van der Waals surface area contributed by atoms with Crippen molar-refractivity contribution in [2.45, 2.75) is 38.3 Å². The average molecular weight is 426 g/mol. The van der Waals surface area contributed by atoms with Crippen LogP contribution < -0.4 is 5.32 Å². The molecule has 0 radical (unpaired) electrons. The number of aryl methyl sites for hydroxylation is 1. The quantitative estimate of drug-likeness (QED) is 0.733. The Balaban J connectivity index is 1.84. The van der Waals surface area contributed by atoms with E-state index in [9.17, 15) is 14.0 Å². The van der Waals surface area contributed by atoms with Crippen molar-refractivity contribution in [3.05, 3.63) is 71.0 Å². The van der Waals surface area contributed by atoms with Crippen molar-refractivity contribution in [2.24, 2.45) is 5.92 Å². The fourth-order valence-electron chi connectivity index (χ4n) is 4.22. The second-order valence-electron chi connectivity index (χ2n) is 8.71. The Morgan fingerprint density at radius 2 is 1.81 bits per heavy atom. The number of carbonyl (C=O) groups excluding carboxylic acids is 2. The molecule has 2 amide bonds. The zero-order chi connectivity index (χ0) is 22.5. The van der Waals surface area contributed by atoms with E-state index in [1.807, 2.05) is 45.3 Å². The lowest BCUT2D eigenvalue weighted by Gasteiger charge is -2.39. The van der Waals surface area contributed by atoms with Gasteiger partial charge in [0, 0.05) is 13.5 Å². The first-order valence-corrected chi connectivity index (χ1v) is 10.8. The Kier molecular flexibility index (Phi) is 7.44. The molecule has 6 heteroatoms. The van der Waals surface area contributed by atoms with Crippen molar-refractivity contribution in [1.82, 2.24) is 15.1 Å². The van der Waals surface area contributed by atoms with Gasteiger partial charge in [-0.1, -0.05) is 42.0 Å². The van der Waals surface area contributed by atoms with Gasteiger partial charge in [0.05, 0.1) is 18.0 Å². The topological polar surface area (TPSA) is 52.7 Å². The average Bonchev–Trinajstić information content (AvgIpc) is 2.74. The van der Waals surface area contributed by atoms with Crippen LogP contribution in [-0.2, 0) is 9.59 Å². The van der Waals surface area contributed by atoms with Crippen LogP contribution in [0.3, 0.4) is 0 Å². The largest absolute Gasteiger partial charge is 0.349 e. The molecule has 0 bridgehead atoms. The molecule has 0 aliphatic carbocycles. The van der Waals surface area contributed by atoms with Gasteiger partial charge in [-0.25, -0.2) is 4.39 Å². The lowest BCUT2D eigenvalue weighted by atomic mass is 9.83. The van der Waals surface area contributed by atoms with Gasteiger partial charge in [-0.3, -0.25) is 9.59 Å². The number of carbonyl (C=O) groups is 2. The third-order valence-corrected chi connectivity index (χ3v) is 6.07. The van der Waals surface area contributed by atoms with Gasteiger partial charge in [0.1, 0.15) is 5.82 Å². The second kappa shape index (κ2) is 10.1. The summed E-state index contributed by atoms with van der Waals surface area (Å²) in [5.41, 5.74) is 2.98. The highest BCUT2D eigenvalue weighted by molar-refractivity contribution is 5.85. The van der Waals surface area contributed by atoms with Crippen LogP contribution in [0, 0.1) is 18.7 Å². The molecular formula is C25H32FN3O2. The van der Waals surface area contributed by atoms with E-state index in [0.29, 0.717) is 19.3 Å². The lowest BCUT2D eigenvalue weighted by molar-refractivity contribution is -0.142. The van der Waals surface area contributed by atoms with Gasteiger partial charge in [0.25, 0.3) is 0 Å². The normalized spacial score (nSPS) is 20.1. The fourth-order valence-corrected chi connectivity index (χ4v) is 4.22. The molecule has 1 N–H and O–H groups in total. The molecule has 3 atom stereocenters. The van der Waals surface area contributed by atoms with E-state index in [1.54, 1.807) is 24.1 Å². The van der Waals surface area contributed by atoms with Crippen LogP contribution in [0.2, 0.25) is 0 Å². The van der Waals surface area contributed by atoms with Crippen molar-refractivity contribution in [3.63, 3.8) is 0 Å². The first kappa shape index (κ1) is 22.9. The van der Waals surface area contributed by atoms with E-state index in [-0.39, 0.29) is 35.6 Å². The third kappa shape index (κ3) is 5.70. The number of nitrogens with zero attached hydrogens (tertiary/aromatic N) is 2. The Bertz CT molecular complexity index is 896. The van der Waals surface area contributed by atoms with E-state index < -0.39 is 0 Å². The van der Waals surface area contributed by atoms with Gasteiger partial charge >= 0.3 is 0 Å². The Hall–Kier alpha value is -2.73. The summed E-state index contributed by atoms with van der Waals surface area (Å²) in [7, 11) is 5.74. The number of amides is 2. The van der Waals surface area contributed by atoms with Crippen LogP contribution in [0.1, 0.15) is 48.0 Å². The SMILES string of the molecule is Cc1ccc(C2C(C(=O)NC(CCN(C)C)c3ccc(F)cc3)CCC(=O)N2C)cc1. The zero-order valence-electron chi connectivity index (χ0n) is 18.8. The summed E-state index contributed by atoms with van der Waals surface area (Å²) in [6.45, 7) is 2.80. The fraction of sp³-hybridized carbons (Fsp3) is 0.440. The number of nitrogens with one attached hydrogen (secondary N) is 1. The van der Waals surface area contributed by atoms with Crippen LogP contribution >= 0.6 is 0 Å². The molecule has 2 aromatic rings. The summed E-state index contributed by atoms with van der Waals surface area (Å²) in [5.74, 6) is -0.656. The van der Waals surface area contributed by atoms with E-state index in [2.05, 4.69) is 10.2 Å². The summed E-state index contributed by atoms with van der Waals surface area (Å²) in [6, 6.07) is 13.8. The summed E-state index contributed by atoms with van der Waals surface area (Å²) >= 11 is 0. The van der Waals surface area contributed by atoms with E-state index in [0.717, 1.165) is 23.2 Å². The monoisotopic (exact) mass is 425 g/mol. The van der Waals surface area contributed by atoms with Gasteiger partial charge in [0.15, 0.2) is 0 Å². The molecule has 0 spiro atoms. The predicted octanol–water partition coefficient (Wildman–Crippen LogP) is 3.85. The first-order chi connectivity index (χ1) is 14.8. The number of hydrogen-bond donors (Lipinski definition) is 1. The Morgan fingerprint density at radius 3 is 2.42 bits per heavy atom. The minimum Gasteiger partial charge on any atom is -0.349 e. The van der Waals surface area contributed by atoms with Crippen molar-refractivity contribution in [1.29, 1.82) is 0 Å². The maximum Gasteiger partial charge on any atom is 0.226 e. The smallest absolute Gasteiger partial charge is 0.226 e. The number of piperidine rings is 1. The minimum atomic E-state index is -0.340. The Labute approximate surface area is 184 Å². The van der Waals surface area contributed by atoms with Gasteiger partial charge in [0.2, 0.25) is 11.8 Å². The molecular weight excluding hydrogens is 393 g/mol.